The Balaban J connectivity index is 2.59. The maximum Gasteiger partial charge on any atom is 0.312 e. The lowest BCUT2D eigenvalue weighted by atomic mass is 10.1. The molecule has 0 saturated heterocycles. The summed E-state index contributed by atoms with van der Waals surface area (Å²) in [5.41, 5.74) is -0.447. The second-order valence-corrected chi connectivity index (χ2v) is 4.76. The highest BCUT2D eigenvalue weighted by Gasteiger charge is 2.61. The lowest BCUT2D eigenvalue weighted by molar-refractivity contribution is -0.142. The first kappa shape index (κ1) is 13.7. The van der Waals surface area contributed by atoms with Gasteiger partial charge in [0.15, 0.2) is 0 Å². The van der Waals surface area contributed by atoms with E-state index in [9.17, 15) is 14.0 Å². The van der Waals surface area contributed by atoms with Gasteiger partial charge in [-0.05, 0) is 24.3 Å². The maximum atomic E-state index is 13.4. The van der Waals surface area contributed by atoms with E-state index < -0.39 is 35.5 Å². The van der Waals surface area contributed by atoms with Gasteiger partial charge in [0.2, 0.25) is 0 Å². The minimum Gasteiger partial charge on any atom is -0.481 e. The maximum absolute atomic E-state index is 13.4. The fraction of sp³-hybridized carbons (Fsp3) is 0.667. The third-order valence-electron chi connectivity index (χ3n) is 3.16. The molecule has 5 heteroatoms. The Morgan fingerprint density at radius 2 is 2.06 bits per heavy atom. The summed E-state index contributed by atoms with van der Waals surface area (Å²) >= 11 is 0. The van der Waals surface area contributed by atoms with E-state index in [1.807, 2.05) is 0 Å². The van der Waals surface area contributed by atoms with Crippen molar-refractivity contribution in [1.29, 1.82) is 0 Å². The van der Waals surface area contributed by atoms with Crippen LogP contribution < -0.4 is 0 Å². The first-order valence-electron chi connectivity index (χ1n) is 5.55. The second kappa shape index (κ2) is 4.85. The van der Waals surface area contributed by atoms with E-state index >= 15 is 0 Å². The van der Waals surface area contributed by atoms with Crippen molar-refractivity contribution in [3.63, 3.8) is 0 Å². The van der Waals surface area contributed by atoms with Gasteiger partial charge in [0.25, 0.3) is 0 Å². The third kappa shape index (κ3) is 3.05. The lowest BCUT2D eigenvalue weighted by Gasteiger charge is -2.00. The number of hydrogen-bond acceptors (Lipinski definition) is 3. The lowest BCUT2D eigenvalue weighted by Crippen LogP contribution is -2.04. The molecule has 0 aromatic carbocycles. The average molecular weight is 244 g/mol. The van der Waals surface area contributed by atoms with E-state index in [0.717, 1.165) is 0 Å². The van der Waals surface area contributed by atoms with Crippen LogP contribution in [-0.4, -0.2) is 23.7 Å². The number of carbonyl (C=O) groups excluding carboxylic acids is 1. The fourth-order valence-electron chi connectivity index (χ4n) is 2.06. The molecule has 0 spiro atoms. The predicted molar refractivity (Wildman–Crippen MR) is 58.8 cm³/mol. The molecular weight excluding hydrogens is 227 g/mol. The van der Waals surface area contributed by atoms with Gasteiger partial charge in [0.1, 0.15) is 5.83 Å². The zero-order valence-electron chi connectivity index (χ0n) is 10.2. The van der Waals surface area contributed by atoms with Crippen LogP contribution in [-0.2, 0) is 14.3 Å². The number of carbonyl (C=O) groups is 2. The van der Waals surface area contributed by atoms with Crippen molar-refractivity contribution >= 4 is 11.9 Å². The van der Waals surface area contributed by atoms with Crippen LogP contribution in [0.25, 0.3) is 0 Å². The largest absolute Gasteiger partial charge is 0.481 e. The van der Waals surface area contributed by atoms with E-state index in [0.29, 0.717) is 0 Å². The smallest absolute Gasteiger partial charge is 0.312 e. The molecule has 1 saturated carbocycles. The van der Waals surface area contributed by atoms with Gasteiger partial charge < -0.3 is 9.84 Å². The Bertz CT molecular complexity index is 360. The number of hydrogen-bond donors (Lipinski definition) is 1. The summed E-state index contributed by atoms with van der Waals surface area (Å²) in [7, 11) is 0. The van der Waals surface area contributed by atoms with Gasteiger partial charge in [0, 0.05) is 0 Å². The number of rotatable bonds is 5. The minimum atomic E-state index is -0.930. The normalized spacial score (nSPS) is 26.5. The van der Waals surface area contributed by atoms with Crippen LogP contribution in [0.2, 0.25) is 0 Å². The van der Waals surface area contributed by atoms with E-state index in [4.69, 9.17) is 5.11 Å². The summed E-state index contributed by atoms with van der Waals surface area (Å²) in [5.74, 6) is -3.11. The highest BCUT2D eigenvalue weighted by molar-refractivity contribution is 5.76. The standard InChI is InChI=1S/C12H17FO4/c1-4-17-9(14)6-7(13)5-8-10(11(15)16)12(8,2)3/h5,8,10H,4,6H2,1-3H3,(H,15,16). The Morgan fingerprint density at radius 3 is 2.47 bits per heavy atom. The molecule has 0 radical (unpaired) electrons. The molecule has 1 aliphatic rings. The average Bonchev–Trinajstić information content (AvgIpc) is 2.67. The molecule has 1 fully saturated rings. The number of aliphatic carboxylic acids is 1. The number of carboxylic acid groups (broad SMARTS) is 1. The van der Waals surface area contributed by atoms with Gasteiger partial charge in [-0.25, -0.2) is 4.39 Å². The molecule has 0 aromatic heterocycles. The van der Waals surface area contributed by atoms with Crippen LogP contribution in [0.3, 0.4) is 0 Å². The SMILES string of the molecule is CCOC(=O)CC(F)=CC1C(C(=O)O)C1(C)C. The van der Waals surface area contributed by atoms with Crippen LogP contribution in [0.4, 0.5) is 4.39 Å². The van der Waals surface area contributed by atoms with Crippen molar-refractivity contribution in [1.82, 2.24) is 0 Å². The molecule has 0 heterocycles. The zero-order valence-corrected chi connectivity index (χ0v) is 10.2. The van der Waals surface area contributed by atoms with Crippen LogP contribution in [0.5, 0.6) is 0 Å². The van der Waals surface area contributed by atoms with E-state index in [1.165, 1.54) is 6.08 Å². The number of carboxylic acids is 1. The van der Waals surface area contributed by atoms with Crippen LogP contribution in [0.15, 0.2) is 11.9 Å². The fourth-order valence-corrected chi connectivity index (χ4v) is 2.06. The number of ether oxygens (including phenoxy) is 1. The van der Waals surface area contributed by atoms with E-state index in [1.54, 1.807) is 20.8 Å². The minimum absolute atomic E-state index is 0.207. The van der Waals surface area contributed by atoms with Crippen molar-refractivity contribution in [3.8, 4) is 0 Å². The summed E-state index contributed by atoms with van der Waals surface area (Å²) in [4.78, 5) is 21.9. The molecule has 2 atom stereocenters. The molecule has 0 bridgehead atoms. The molecule has 0 aromatic rings. The van der Waals surface area contributed by atoms with Crippen LogP contribution >= 0.6 is 0 Å². The Morgan fingerprint density at radius 1 is 1.47 bits per heavy atom. The molecule has 0 amide bonds. The number of halogens is 1. The van der Waals surface area contributed by atoms with Gasteiger partial charge in [-0.3, -0.25) is 9.59 Å². The van der Waals surface area contributed by atoms with Crippen LogP contribution in [0, 0.1) is 17.3 Å². The summed E-state index contributed by atoms with van der Waals surface area (Å²) in [6, 6.07) is 0. The Kier molecular flexibility index (Phi) is 3.91. The first-order valence-corrected chi connectivity index (χ1v) is 5.55. The van der Waals surface area contributed by atoms with Gasteiger partial charge >= 0.3 is 11.9 Å². The predicted octanol–water partition coefficient (Wildman–Crippen LogP) is 2.15. The Hall–Kier alpha value is -1.39. The second-order valence-electron chi connectivity index (χ2n) is 4.76. The first-order chi connectivity index (χ1) is 7.80. The molecule has 17 heavy (non-hydrogen) atoms. The summed E-state index contributed by atoms with van der Waals surface area (Å²) in [5, 5.41) is 8.89. The Labute approximate surface area is 99.5 Å². The topological polar surface area (TPSA) is 63.6 Å². The molecule has 0 aliphatic heterocycles. The van der Waals surface area contributed by atoms with Crippen molar-refractivity contribution in [3.05, 3.63) is 11.9 Å². The monoisotopic (exact) mass is 244 g/mol. The van der Waals surface area contributed by atoms with Crippen molar-refractivity contribution in [2.75, 3.05) is 6.61 Å². The molecule has 1 rings (SSSR count). The molecule has 2 unspecified atom stereocenters. The molecule has 1 aliphatic carbocycles. The highest BCUT2D eigenvalue weighted by atomic mass is 19.1. The van der Waals surface area contributed by atoms with E-state index in [2.05, 4.69) is 4.74 Å². The van der Waals surface area contributed by atoms with Gasteiger partial charge in [-0.2, -0.15) is 0 Å². The number of esters is 1. The number of allylic oxidation sites excluding steroid dienone is 1. The van der Waals surface area contributed by atoms with Crippen molar-refractivity contribution in [2.24, 2.45) is 17.3 Å². The van der Waals surface area contributed by atoms with Crippen LogP contribution in [0.1, 0.15) is 27.2 Å². The van der Waals surface area contributed by atoms with Crippen molar-refractivity contribution < 1.29 is 23.8 Å². The molecular formula is C12H17FO4. The van der Waals surface area contributed by atoms with E-state index in [-0.39, 0.29) is 12.5 Å². The van der Waals surface area contributed by atoms with Gasteiger partial charge in [-0.15, -0.1) is 0 Å². The van der Waals surface area contributed by atoms with Gasteiger partial charge in [-0.1, -0.05) is 13.8 Å². The summed E-state index contributed by atoms with van der Waals surface area (Å²) < 4.78 is 18.0. The highest BCUT2D eigenvalue weighted by Crippen LogP contribution is 2.59. The summed E-state index contributed by atoms with van der Waals surface area (Å²) in [6.45, 7) is 5.39. The third-order valence-corrected chi connectivity index (χ3v) is 3.16. The zero-order chi connectivity index (χ0) is 13.2. The van der Waals surface area contributed by atoms with Gasteiger partial charge in [0.05, 0.1) is 18.9 Å². The molecule has 96 valence electrons. The molecule has 4 nitrogen and oxygen atoms in total. The summed E-state index contributed by atoms with van der Waals surface area (Å²) in [6.07, 6.45) is 0.808. The quantitative estimate of drug-likeness (QED) is 0.752. The van der Waals surface area contributed by atoms with Crippen molar-refractivity contribution in [2.45, 2.75) is 27.2 Å². The molecule has 1 N–H and O–H groups in total.